The van der Waals surface area contributed by atoms with Crippen LogP contribution < -0.4 is 0 Å². The molecule has 2 aliphatic rings. The molecule has 4 rings (SSSR count). The van der Waals surface area contributed by atoms with Crippen LogP contribution in [-0.2, 0) is 16.1 Å². The van der Waals surface area contributed by atoms with Crippen molar-refractivity contribution in [1.82, 2.24) is 14.9 Å². The number of hydroxylamine groups is 2. The van der Waals surface area contributed by atoms with E-state index < -0.39 is 11.8 Å². The lowest BCUT2D eigenvalue weighted by atomic mass is 10.0. The summed E-state index contributed by atoms with van der Waals surface area (Å²) in [5.74, 6) is -0.938. The zero-order valence-corrected chi connectivity index (χ0v) is 18.4. The van der Waals surface area contributed by atoms with Gasteiger partial charge in [-0.2, -0.15) is 0 Å². The summed E-state index contributed by atoms with van der Waals surface area (Å²) in [7, 11) is 0. The summed E-state index contributed by atoms with van der Waals surface area (Å²) in [5, 5.41) is 10.5. The number of rotatable bonds is 6. The Morgan fingerprint density at radius 3 is 2.45 bits per heavy atom. The number of allylic oxidation sites excluding steroid dienone is 2. The highest BCUT2D eigenvalue weighted by Gasteiger charge is 2.31. The van der Waals surface area contributed by atoms with Crippen LogP contribution in [0.4, 0.5) is 0 Å². The van der Waals surface area contributed by atoms with Gasteiger partial charge >= 0.3 is 11.8 Å². The molecule has 160 valence electrons. The number of hydrogen-bond donors (Lipinski definition) is 1. The Balaban J connectivity index is 1.32. The summed E-state index contributed by atoms with van der Waals surface area (Å²) in [6.45, 7) is 2.27. The molecule has 0 saturated carbocycles. The maximum atomic E-state index is 12.6. The maximum Gasteiger partial charge on any atom is 0.312 e. The van der Waals surface area contributed by atoms with Gasteiger partial charge in [0.15, 0.2) is 0 Å². The van der Waals surface area contributed by atoms with Gasteiger partial charge in [0.1, 0.15) is 0 Å². The minimum Gasteiger partial charge on any atom is -0.329 e. The van der Waals surface area contributed by atoms with E-state index in [-0.39, 0.29) is 0 Å². The van der Waals surface area contributed by atoms with Crippen molar-refractivity contribution in [3.8, 4) is 0 Å². The first kappa shape index (κ1) is 21.4. The minimum atomic E-state index is -0.470. The second kappa shape index (κ2) is 9.51. The lowest BCUT2D eigenvalue weighted by molar-refractivity contribution is -0.156. The van der Waals surface area contributed by atoms with Crippen molar-refractivity contribution < 1.29 is 14.8 Å². The Hall–Kier alpha value is -2.87. The highest BCUT2D eigenvalue weighted by atomic mass is 35.5. The van der Waals surface area contributed by atoms with Crippen LogP contribution in [0.1, 0.15) is 16.0 Å². The third-order valence-electron chi connectivity index (χ3n) is 5.18. The van der Waals surface area contributed by atoms with Gasteiger partial charge in [-0.15, -0.1) is 11.3 Å². The van der Waals surface area contributed by atoms with Crippen molar-refractivity contribution in [3.05, 3.63) is 81.2 Å². The highest BCUT2D eigenvalue weighted by molar-refractivity contribution is 7.16. The number of halogens is 1. The number of amides is 2. The maximum absolute atomic E-state index is 12.6. The van der Waals surface area contributed by atoms with Crippen molar-refractivity contribution in [2.24, 2.45) is 0 Å². The molecular formula is C23H22ClN3O3S. The van der Waals surface area contributed by atoms with Crippen molar-refractivity contribution in [1.29, 1.82) is 0 Å². The van der Waals surface area contributed by atoms with Crippen molar-refractivity contribution >= 4 is 46.4 Å². The molecule has 0 spiro atoms. The van der Waals surface area contributed by atoms with Gasteiger partial charge in [-0.1, -0.05) is 48.0 Å². The molecule has 1 aromatic carbocycles. The molecule has 0 unspecified atom stereocenters. The van der Waals surface area contributed by atoms with Gasteiger partial charge in [0, 0.05) is 37.3 Å². The fourth-order valence-electron chi connectivity index (χ4n) is 3.48. The molecule has 6 nitrogen and oxygen atoms in total. The van der Waals surface area contributed by atoms with Crippen LogP contribution in [0.5, 0.6) is 0 Å². The first-order chi connectivity index (χ1) is 15.0. The molecule has 0 atom stereocenters. The van der Waals surface area contributed by atoms with Crippen LogP contribution in [0.25, 0.3) is 11.6 Å². The lowest BCUT2D eigenvalue weighted by Crippen LogP contribution is -2.53. The predicted octanol–water partition coefficient (Wildman–Crippen LogP) is 3.89. The molecule has 2 amide bonds. The van der Waals surface area contributed by atoms with E-state index in [1.165, 1.54) is 11.3 Å². The van der Waals surface area contributed by atoms with Gasteiger partial charge in [-0.3, -0.25) is 19.9 Å². The fourth-order valence-corrected chi connectivity index (χ4v) is 4.47. The van der Waals surface area contributed by atoms with Crippen LogP contribution >= 0.6 is 22.9 Å². The molecule has 31 heavy (non-hydrogen) atoms. The number of nitrogens with zero attached hydrogens (tertiary/aromatic N) is 3. The van der Waals surface area contributed by atoms with E-state index in [4.69, 9.17) is 11.6 Å². The van der Waals surface area contributed by atoms with Crippen LogP contribution in [-0.4, -0.2) is 58.1 Å². The molecule has 1 aromatic heterocycles. The molecule has 1 N–H and O–H groups in total. The molecule has 3 heterocycles. The summed E-state index contributed by atoms with van der Waals surface area (Å²) >= 11 is 7.39. The van der Waals surface area contributed by atoms with Crippen molar-refractivity contribution in [2.75, 3.05) is 26.2 Å². The smallest absolute Gasteiger partial charge is 0.312 e. The Morgan fingerprint density at radius 1 is 1.03 bits per heavy atom. The third kappa shape index (κ3) is 5.25. The van der Waals surface area contributed by atoms with Crippen LogP contribution in [0.15, 0.2) is 60.8 Å². The monoisotopic (exact) mass is 455 g/mol. The van der Waals surface area contributed by atoms with Gasteiger partial charge in [0.2, 0.25) is 0 Å². The van der Waals surface area contributed by atoms with E-state index in [1.807, 2.05) is 60.7 Å². The van der Waals surface area contributed by atoms with E-state index in [0.717, 1.165) is 31.0 Å². The summed E-state index contributed by atoms with van der Waals surface area (Å²) < 4.78 is 0.719. The Bertz CT molecular complexity index is 1060. The summed E-state index contributed by atoms with van der Waals surface area (Å²) in [5.41, 5.74) is 3.05. The number of carbonyl (C=O) groups excluding carboxylic acids is 2. The molecule has 0 aliphatic carbocycles. The summed E-state index contributed by atoms with van der Waals surface area (Å²) in [6, 6.07) is 11.7. The van der Waals surface area contributed by atoms with Gasteiger partial charge in [-0.25, -0.2) is 0 Å². The van der Waals surface area contributed by atoms with Crippen molar-refractivity contribution in [2.45, 2.75) is 6.54 Å². The molecule has 0 bridgehead atoms. The third-order valence-corrected chi connectivity index (χ3v) is 6.38. The Morgan fingerprint density at radius 2 is 1.77 bits per heavy atom. The summed E-state index contributed by atoms with van der Waals surface area (Å²) in [6.07, 6.45) is 9.21. The van der Waals surface area contributed by atoms with Gasteiger partial charge in [0.05, 0.1) is 10.9 Å². The molecule has 8 heteroatoms. The van der Waals surface area contributed by atoms with E-state index in [2.05, 4.69) is 0 Å². The van der Waals surface area contributed by atoms with E-state index in [1.54, 1.807) is 16.0 Å². The average molecular weight is 456 g/mol. The van der Waals surface area contributed by atoms with E-state index >= 15 is 0 Å². The minimum absolute atomic E-state index is 0.399. The molecule has 0 radical (unpaired) electrons. The summed E-state index contributed by atoms with van der Waals surface area (Å²) in [4.78, 5) is 29.3. The standard InChI is InChI=1S/C23H22ClN3O3S/c24-21-8-7-20(31-21)2-1-11-25-14-15-26(23(29)22(25)28)16-17-3-5-18(6-4-17)19-9-12-27(30)13-10-19/h1-10,12,30H,11,13-16H2/b2-1+. The Kier molecular flexibility index (Phi) is 6.56. The first-order valence-electron chi connectivity index (χ1n) is 9.93. The van der Waals surface area contributed by atoms with Gasteiger partial charge in [-0.05, 0) is 41.0 Å². The van der Waals surface area contributed by atoms with Crippen LogP contribution in [0.3, 0.4) is 0 Å². The molecule has 2 aliphatic heterocycles. The SMILES string of the molecule is O=C1C(=O)N(Cc2ccc(C3=CCN(O)C=C3)cc2)CCN1C/C=C/c1ccc(Cl)s1. The normalized spacial score (nSPS) is 17.1. The predicted molar refractivity (Wildman–Crippen MR) is 122 cm³/mol. The van der Waals surface area contributed by atoms with E-state index in [0.29, 0.717) is 32.7 Å². The first-order valence-corrected chi connectivity index (χ1v) is 11.1. The number of hydrogen-bond acceptors (Lipinski definition) is 5. The zero-order valence-electron chi connectivity index (χ0n) is 16.8. The Labute approximate surface area is 189 Å². The molecular weight excluding hydrogens is 434 g/mol. The topological polar surface area (TPSA) is 64.1 Å². The van der Waals surface area contributed by atoms with Gasteiger partial charge in [0.25, 0.3) is 0 Å². The number of piperazine rings is 1. The van der Waals surface area contributed by atoms with Crippen LogP contribution in [0.2, 0.25) is 4.34 Å². The zero-order chi connectivity index (χ0) is 21.8. The molecule has 1 fully saturated rings. The number of benzene rings is 1. The van der Waals surface area contributed by atoms with Crippen molar-refractivity contribution in [3.63, 3.8) is 0 Å². The second-order valence-electron chi connectivity index (χ2n) is 7.32. The highest BCUT2D eigenvalue weighted by Crippen LogP contribution is 2.23. The van der Waals surface area contributed by atoms with Crippen LogP contribution in [0, 0.1) is 0 Å². The lowest BCUT2D eigenvalue weighted by Gasteiger charge is -2.33. The number of thiophene rings is 1. The second-order valence-corrected chi connectivity index (χ2v) is 9.06. The quantitative estimate of drug-likeness (QED) is 0.671. The molecule has 1 saturated heterocycles. The fraction of sp³-hybridized carbons (Fsp3) is 0.217. The van der Waals surface area contributed by atoms with Gasteiger partial charge < -0.3 is 9.80 Å². The molecule has 2 aromatic rings. The number of carbonyl (C=O) groups is 2. The average Bonchev–Trinajstić information content (AvgIpc) is 3.19. The largest absolute Gasteiger partial charge is 0.329 e. The van der Waals surface area contributed by atoms with E-state index in [9.17, 15) is 14.8 Å².